The number of anilines is 1. The average molecular weight is 281 g/mol. The zero-order valence-corrected chi connectivity index (χ0v) is 12.1. The maximum atomic E-state index is 12.2. The Labute approximate surface area is 118 Å². The van der Waals surface area contributed by atoms with Gasteiger partial charge in [0.1, 0.15) is 16.6 Å². The number of aromatic nitrogens is 1. The third kappa shape index (κ3) is 3.07. The smallest absolute Gasteiger partial charge is 0.416 e. The number of nitrogens with zero attached hydrogens (tertiary/aromatic N) is 2. The lowest BCUT2D eigenvalue weighted by Crippen LogP contribution is -2.40. The van der Waals surface area contributed by atoms with Crippen molar-refractivity contribution in [1.82, 2.24) is 4.98 Å². The standard InChI is InChI=1S/C14H17ClN2O2/c1-9-7-8-17(13(18)19-14(2,3)4)12-10(9)5-6-11(15)16-12/h5-6H,1,7-8H2,2-4H3. The van der Waals surface area contributed by atoms with Crippen LogP contribution in [-0.4, -0.2) is 23.2 Å². The molecule has 0 bridgehead atoms. The van der Waals surface area contributed by atoms with Gasteiger partial charge in [0.15, 0.2) is 0 Å². The van der Waals surface area contributed by atoms with Gasteiger partial charge >= 0.3 is 6.09 Å². The zero-order chi connectivity index (χ0) is 14.2. The van der Waals surface area contributed by atoms with E-state index in [1.165, 1.54) is 4.90 Å². The number of ether oxygens (including phenoxy) is 1. The summed E-state index contributed by atoms with van der Waals surface area (Å²) in [5.41, 5.74) is 1.27. The molecule has 1 aliphatic heterocycles. The van der Waals surface area contributed by atoms with E-state index in [0.717, 1.165) is 11.1 Å². The van der Waals surface area contributed by atoms with Crippen LogP contribution < -0.4 is 4.90 Å². The molecule has 1 aromatic heterocycles. The third-order valence-corrected chi connectivity index (χ3v) is 2.94. The normalized spacial score (nSPS) is 15.2. The molecule has 1 aliphatic rings. The highest BCUT2D eigenvalue weighted by molar-refractivity contribution is 6.29. The Morgan fingerprint density at radius 1 is 1.47 bits per heavy atom. The number of pyridine rings is 1. The molecule has 0 radical (unpaired) electrons. The van der Waals surface area contributed by atoms with E-state index in [1.807, 2.05) is 26.8 Å². The molecule has 0 saturated carbocycles. The molecule has 0 atom stereocenters. The summed E-state index contributed by atoms with van der Waals surface area (Å²) in [5.74, 6) is 0.526. The Bertz CT molecular complexity index is 535. The summed E-state index contributed by atoms with van der Waals surface area (Å²) in [4.78, 5) is 17.9. The second kappa shape index (κ2) is 4.85. The predicted molar refractivity (Wildman–Crippen MR) is 76.5 cm³/mol. The van der Waals surface area contributed by atoms with Crippen molar-refractivity contribution in [3.8, 4) is 0 Å². The summed E-state index contributed by atoms with van der Waals surface area (Å²) in [6, 6.07) is 3.54. The molecule has 2 rings (SSSR count). The molecule has 4 nitrogen and oxygen atoms in total. The number of rotatable bonds is 0. The Balaban J connectivity index is 2.35. The fraction of sp³-hybridized carbons (Fsp3) is 0.429. The first-order valence-corrected chi connectivity index (χ1v) is 6.51. The maximum absolute atomic E-state index is 12.2. The molecule has 102 valence electrons. The van der Waals surface area contributed by atoms with Crippen molar-refractivity contribution in [1.29, 1.82) is 0 Å². The van der Waals surface area contributed by atoms with Crippen LogP contribution in [0.1, 0.15) is 32.8 Å². The molecular formula is C14H17ClN2O2. The van der Waals surface area contributed by atoms with Crippen molar-refractivity contribution in [2.45, 2.75) is 32.8 Å². The Hall–Kier alpha value is -1.55. The van der Waals surface area contributed by atoms with E-state index >= 15 is 0 Å². The van der Waals surface area contributed by atoms with E-state index in [4.69, 9.17) is 16.3 Å². The van der Waals surface area contributed by atoms with Gasteiger partial charge < -0.3 is 4.74 Å². The summed E-state index contributed by atoms with van der Waals surface area (Å²) in [7, 11) is 0. The summed E-state index contributed by atoms with van der Waals surface area (Å²) in [5, 5.41) is 0.349. The molecular weight excluding hydrogens is 264 g/mol. The molecule has 1 aromatic rings. The molecule has 0 spiro atoms. The number of halogens is 1. The van der Waals surface area contributed by atoms with Crippen molar-refractivity contribution >= 4 is 29.1 Å². The highest BCUT2D eigenvalue weighted by Crippen LogP contribution is 2.33. The third-order valence-electron chi connectivity index (χ3n) is 2.73. The fourth-order valence-corrected chi connectivity index (χ4v) is 2.03. The van der Waals surface area contributed by atoms with Crippen molar-refractivity contribution in [3.05, 3.63) is 29.4 Å². The monoisotopic (exact) mass is 280 g/mol. The van der Waals surface area contributed by atoms with Crippen LogP contribution in [-0.2, 0) is 4.74 Å². The summed E-state index contributed by atoms with van der Waals surface area (Å²) >= 11 is 5.91. The first-order chi connectivity index (χ1) is 8.78. The Kier molecular flexibility index (Phi) is 3.54. The van der Waals surface area contributed by atoms with Crippen molar-refractivity contribution in [2.75, 3.05) is 11.4 Å². The number of fused-ring (bicyclic) bond motifs is 1. The van der Waals surface area contributed by atoms with Crippen LogP contribution >= 0.6 is 11.6 Å². The van der Waals surface area contributed by atoms with E-state index in [1.54, 1.807) is 6.07 Å². The summed E-state index contributed by atoms with van der Waals surface area (Å²) in [6.45, 7) is 10.00. The van der Waals surface area contributed by atoms with Crippen LogP contribution in [0.5, 0.6) is 0 Å². The number of carbonyl (C=O) groups excluding carboxylic acids is 1. The molecule has 0 unspecified atom stereocenters. The van der Waals surface area contributed by atoms with E-state index in [9.17, 15) is 4.79 Å². The first-order valence-electron chi connectivity index (χ1n) is 6.13. The fourth-order valence-electron chi connectivity index (χ4n) is 1.89. The predicted octanol–water partition coefficient (Wildman–Crippen LogP) is 3.89. The van der Waals surface area contributed by atoms with Gasteiger partial charge in [0.05, 0.1) is 0 Å². The quantitative estimate of drug-likeness (QED) is 0.677. The lowest BCUT2D eigenvalue weighted by Gasteiger charge is -2.31. The van der Waals surface area contributed by atoms with Gasteiger partial charge in [-0.3, -0.25) is 4.90 Å². The topological polar surface area (TPSA) is 42.4 Å². The van der Waals surface area contributed by atoms with E-state index < -0.39 is 11.7 Å². The SMILES string of the molecule is C=C1CCN(C(=O)OC(C)(C)C)c2nc(Cl)ccc21. The minimum absolute atomic E-state index is 0.349. The Morgan fingerprint density at radius 3 is 2.79 bits per heavy atom. The van der Waals surface area contributed by atoms with Gasteiger partial charge in [0.25, 0.3) is 0 Å². The highest BCUT2D eigenvalue weighted by Gasteiger charge is 2.29. The van der Waals surface area contributed by atoms with Gasteiger partial charge in [-0.1, -0.05) is 18.2 Å². The van der Waals surface area contributed by atoms with Crippen molar-refractivity contribution in [3.63, 3.8) is 0 Å². The van der Waals surface area contributed by atoms with Gasteiger partial charge in [-0.05, 0) is 44.9 Å². The highest BCUT2D eigenvalue weighted by atomic mass is 35.5. The van der Waals surface area contributed by atoms with Gasteiger partial charge in [-0.25, -0.2) is 9.78 Å². The summed E-state index contributed by atoms with van der Waals surface area (Å²) in [6.07, 6.45) is 0.297. The van der Waals surface area contributed by atoms with E-state index in [2.05, 4.69) is 11.6 Å². The molecule has 0 saturated heterocycles. The largest absolute Gasteiger partial charge is 0.443 e. The first kappa shape index (κ1) is 13.9. The molecule has 0 fully saturated rings. The van der Waals surface area contributed by atoms with Crippen LogP contribution in [0.3, 0.4) is 0 Å². The molecule has 0 aliphatic carbocycles. The Morgan fingerprint density at radius 2 is 2.16 bits per heavy atom. The van der Waals surface area contributed by atoms with Gasteiger partial charge in [-0.2, -0.15) is 0 Å². The van der Waals surface area contributed by atoms with Crippen LogP contribution in [0.4, 0.5) is 10.6 Å². The van der Waals surface area contributed by atoms with Crippen LogP contribution in [0.2, 0.25) is 5.15 Å². The second-order valence-corrected chi connectivity index (χ2v) is 5.88. The molecule has 5 heteroatoms. The summed E-state index contributed by atoms with van der Waals surface area (Å²) < 4.78 is 5.38. The molecule has 1 amide bonds. The maximum Gasteiger partial charge on any atom is 0.416 e. The lowest BCUT2D eigenvalue weighted by atomic mass is 10.0. The number of amides is 1. The molecule has 2 heterocycles. The second-order valence-electron chi connectivity index (χ2n) is 5.49. The van der Waals surface area contributed by atoms with E-state index in [0.29, 0.717) is 23.9 Å². The zero-order valence-electron chi connectivity index (χ0n) is 11.4. The minimum Gasteiger partial charge on any atom is -0.443 e. The van der Waals surface area contributed by atoms with Gasteiger partial charge in [0, 0.05) is 12.1 Å². The number of carbonyl (C=O) groups is 1. The van der Waals surface area contributed by atoms with Crippen molar-refractivity contribution < 1.29 is 9.53 Å². The van der Waals surface area contributed by atoms with E-state index in [-0.39, 0.29) is 0 Å². The molecule has 0 N–H and O–H groups in total. The van der Waals surface area contributed by atoms with Gasteiger partial charge in [-0.15, -0.1) is 0 Å². The minimum atomic E-state index is -0.537. The van der Waals surface area contributed by atoms with Crippen molar-refractivity contribution in [2.24, 2.45) is 0 Å². The van der Waals surface area contributed by atoms with Crippen LogP contribution in [0.15, 0.2) is 18.7 Å². The number of hydrogen-bond donors (Lipinski definition) is 0. The molecule has 0 aromatic carbocycles. The van der Waals surface area contributed by atoms with Crippen LogP contribution in [0, 0.1) is 0 Å². The molecule has 19 heavy (non-hydrogen) atoms. The van der Waals surface area contributed by atoms with Gasteiger partial charge in [0.2, 0.25) is 0 Å². The lowest BCUT2D eigenvalue weighted by molar-refractivity contribution is 0.0579. The average Bonchev–Trinajstić information content (AvgIpc) is 2.26. The van der Waals surface area contributed by atoms with Crippen LogP contribution in [0.25, 0.3) is 5.57 Å². The number of hydrogen-bond acceptors (Lipinski definition) is 3.